The third-order valence-corrected chi connectivity index (χ3v) is 18.1. The van der Waals surface area contributed by atoms with E-state index in [1.807, 2.05) is 6.92 Å². The van der Waals surface area contributed by atoms with Crippen LogP contribution in [0.1, 0.15) is 98.8 Å². The maximum Gasteiger partial charge on any atom is 0.253 e. The minimum atomic E-state index is -0.352. The minimum absolute atomic E-state index is 0.0610. The van der Waals surface area contributed by atoms with Gasteiger partial charge in [0.25, 0.3) is 59.1 Å². The zero-order chi connectivity index (χ0) is 94.6. The minimum Gasteiger partial charge on any atom is -0.513 e. The Kier molecular flexibility index (Phi) is 70.6. The lowest BCUT2D eigenvalue weighted by Gasteiger charge is -2.41. The fourth-order valence-electron chi connectivity index (χ4n) is 10.4. The Hall–Kier alpha value is -9.41. The summed E-state index contributed by atoms with van der Waals surface area (Å²) in [5.41, 5.74) is 0. The first-order valence-corrected chi connectivity index (χ1v) is 43.8. The van der Waals surface area contributed by atoms with E-state index in [0.717, 1.165) is 65.6 Å². The van der Waals surface area contributed by atoms with Crippen molar-refractivity contribution in [3.05, 3.63) is 98.4 Å². The number of unbranched alkanes of at least 4 members (excludes halogenated alkanes) is 2. The molecule has 1 fully saturated rings. The molecular weight excluding hydrogens is 1700 g/mol. The van der Waals surface area contributed by atoms with Gasteiger partial charge in [0.15, 0.2) is 0 Å². The molecule has 720 valence electrons. The molecule has 1 N–H and O–H groups in total. The number of carbonyl (C=O) groups excluding carboxylic acids is 16. The Balaban J connectivity index is 0.000000797. The van der Waals surface area contributed by atoms with Gasteiger partial charge in [0.2, 0.25) is 17.7 Å². The number of carbonyl (C=O) groups is 16. The van der Waals surface area contributed by atoms with Crippen molar-refractivity contribution in [1.82, 2.24) is 39.2 Å². The van der Waals surface area contributed by atoms with Gasteiger partial charge in [-0.15, -0.1) is 0 Å². The van der Waals surface area contributed by atoms with Crippen LogP contribution in [0.15, 0.2) is 98.4 Å². The zero-order valence-corrected chi connectivity index (χ0v) is 75.8. The number of ketones is 3. The van der Waals surface area contributed by atoms with Crippen LogP contribution in [0.3, 0.4) is 0 Å². The smallest absolute Gasteiger partial charge is 0.253 e. The Labute approximate surface area is 754 Å². The summed E-state index contributed by atoms with van der Waals surface area (Å²) in [4.78, 5) is 189. The van der Waals surface area contributed by atoms with E-state index < -0.39 is 0 Å². The molecule has 0 spiro atoms. The maximum atomic E-state index is 12.3. The second-order valence-electron chi connectivity index (χ2n) is 27.7. The molecule has 13 amide bonds. The lowest BCUT2D eigenvalue weighted by molar-refractivity contribution is -0.155. The molecule has 6 rings (SSSR count). The predicted molar refractivity (Wildman–Crippen MR) is 466 cm³/mol. The summed E-state index contributed by atoms with van der Waals surface area (Å²) < 4.78 is 80.2. The molecular formula is C87H134N8O32S. The highest BCUT2D eigenvalue weighted by Crippen LogP contribution is 2.15. The van der Waals surface area contributed by atoms with Crippen LogP contribution < -0.4 is 0 Å². The molecule has 0 atom stereocenters. The third kappa shape index (κ3) is 60.4. The molecule has 0 saturated carbocycles. The summed E-state index contributed by atoms with van der Waals surface area (Å²) in [6.45, 7) is 35.3. The Morgan fingerprint density at radius 1 is 0.305 bits per heavy atom. The van der Waals surface area contributed by atoms with Crippen molar-refractivity contribution in [3.63, 3.8) is 0 Å². The Morgan fingerprint density at radius 3 is 0.797 bits per heavy atom. The standard InChI is InChI=1S/C22H37NO10.C21H37NO9.C15H21N3O4S.C11H15NO3.C9H11NO3.C9H13NO3/c1-20(24)4-6-27-8-10-29-12-14-31-16-18-33-19-17-32-15-13-30-11-9-28-7-5-23-21(25)2-3-22(23)26;1-2-6-25-8-10-27-12-14-29-16-18-31-19-17-30-15-13-28-11-9-26-7-5-22-20(23)3-4-21(22)24;1-4-13(20)16-9-17(14(21)5-2)11-18(10-16)15(22)6-7-23-8-12(3)19;1-9(13)5-3-2-4-8-12-10(14)6-7-11(12)15;1-7(11)3-2-6-10-8(12)4-5-9(10)13;1-2-6-13-7-5-10-8(11)3-4-9(10)12/h2-3,24H,1,4-19H2;3-4H,2,5-19H2,1H3;4-5H,1-2,6-11H2,3H3;6-7H,2-5,8H2,1H3;4-5H,2-3,6H2,1H3;3-4H,2,5-7H2,1H3. The molecule has 41 heteroatoms. The van der Waals surface area contributed by atoms with Crippen LogP contribution in [0.4, 0.5) is 0 Å². The summed E-state index contributed by atoms with van der Waals surface area (Å²) in [5, 5.41) is 8.89. The number of rotatable bonds is 69. The van der Waals surface area contributed by atoms with Crippen molar-refractivity contribution in [2.24, 2.45) is 0 Å². The first kappa shape index (κ1) is 117. The van der Waals surface area contributed by atoms with Gasteiger partial charge in [0, 0.05) is 118 Å². The van der Waals surface area contributed by atoms with Crippen LogP contribution in [-0.2, 0) is 148 Å². The number of ether oxygens (including phenoxy) is 15. The summed E-state index contributed by atoms with van der Waals surface area (Å²) in [5.74, 6) is -2.28. The van der Waals surface area contributed by atoms with Crippen LogP contribution in [-0.4, -0.2) is 401 Å². The lowest BCUT2D eigenvalue weighted by Crippen LogP contribution is -2.59. The number of thioether (sulfide) groups is 1. The van der Waals surface area contributed by atoms with Crippen molar-refractivity contribution < 1.29 is 153 Å². The first-order valence-electron chi connectivity index (χ1n) is 42.6. The first-order chi connectivity index (χ1) is 61.7. The molecule has 0 aromatic heterocycles. The third-order valence-electron chi connectivity index (χ3n) is 17.0. The van der Waals surface area contributed by atoms with Gasteiger partial charge in [0.1, 0.15) is 17.3 Å². The number of amides is 13. The monoisotopic (exact) mass is 1830 g/mol. The highest BCUT2D eigenvalue weighted by Gasteiger charge is 2.31. The molecule has 0 aliphatic carbocycles. The summed E-state index contributed by atoms with van der Waals surface area (Å²) >= 11 is 1.39. The largest absolute Gasteiger partial charge is 0.513 e. The molecule has 0 unspecified atom stereocenters. The number of aliphatic hydroxyl groups excluding tert-OH is 1. The number of hydrogen-bond donors (Lipinski definition) is 1. The fourth-order valence-corrected chi connectivity index (χ4v) is 11.2. The summed E-state index contributed by atoms with van der Waals surface area (Å²) in [6, 6.07) is 0. The van der Waals surface area contributed by atoms with Crippen LogP contribution in [0.25, 0.3) is 0 Å². The number of aliphatic hydroxyl groups is 1. The van der Waals surface area contributed by atoms with Crippen molar-refractivity contribution in [1.29, 1.82) is 0 Å². The number of Topliss-reactive ketones (excluding diaryl/α,β-unsaturated/α-hetero) is 3. The van der Waals surface area contributed by atoms with E-state index in [4.69, 9.17) is 76.2 Å². The van der Waals surface area contributed by atoms with Crippen LogP contribution in [0.2, 0.25) is 0 Å². The molecule has 6 aliphatic heterocycles. The van der Waals surface area contributed by atoms with E-state index >= 15 is 0 Å². The summed E-state index contributed by atoms with van der Waals surface area (Å²) in [6.07, 6.45) is 21.6. The molecule has 0 aromatic carbocycles. The van der Waals surface area contributed by atoms with Crippen LogP contribution >= 0.6 is 11.8 Å². The van der Waals surface area contributed by atoms with Gasteiger partial charge >= 0.3 is 0 Å². The second-order valence-corrected chi connectivity index (χ2v) is 28.8. The van der Waals surface area contributed by atoms with Gasteiger partial charge in [-0.25, -0.2) is 0 Å². The van der Waals surface area contributed by atoms with Crippen LogP contribution in [0.5, 0.6) is 0 Å². The summed E-state index contributed by atoms with van der Waals surface area (Å²) in [7, 11) is 0. The zero-order valence-electron chi connectivity index (χ0n) is 75.0. The van der Waals surface area contributed by atoms with Gasteiger partial charge in [-0.05, 0) is 65.0 Å². The predicted octanol–water partition coefficient (Wildman–Crippen LogP) is 3.05. The van der Waals surface area contributed by atoms with E-state index in [2.05, 4.69) is 26.7 Å². The molecule has 6 heterocycles. The van der Waals surface area contributed by atoms with E-state index in [0.29, 0.717) is 242 Å². The van der Waals surface area contributed by atoms with E-state index in [-0.39, 0.29) is 146 Å². The molecule has 0 bridgehead atoms. The fraction of sp³-hybridized carbons (Fsp3) is 0.632. The molecule has 40 nitrogen and oxygen atoms in total. The number of imide groups is 5. The van der Waals surface area contributed by atoms with Crippen molar-refractivity contribution in [2.45, 2.75) is 98.8 Å². The van der Waals surface area contributed by atoms with Crippen LogP contribution in [0, 0.1) is 0 Å². The van der Waals surface area contributed by atoms with Crippen molar-refractivity contribution in [2.75, 3.05) is 262 Å². The molecule has 0 radical (unpaired) electrons. The number of hydrogen-bond acceptors (Lipinski definition) is 33. The van der Waals surface area contributed by atoms with Crippen molar-refractivity contribution in [3.8, 4) is 0 Å². The molecule has 128 heavy (non-hydrogen) atoms. The highest BCUT2D eigenvalue weighted by atomic mass is 32.2. The molecule has 0 aromatic rings. The lowest BCUT2D eigenvalue weighted by atomic mass is 10.1. The van der Waals surface area contributed by atoms with Gasteiger partial charge in [-0.3, -0.25) is 91.6 Å². The average molecular weight is 1840 g/mol. The molecule has 6 aliphatic rings. The Morgan fingerprint density at radius 2 is 0.539 bits per heavy atom. The van der Waals surface area contributed by atoms with Gasteiger partial charge < -0.3 is 100 Å². The maximum absolute atomic E-state index is 12.3. The van der Waals surface area contributed by atoms with E-state index in [1.54, 1.807) is 6.92 Å². The van der Waals surface area contributed by atoms with E-state index in [1.165, 1.54) is 111 Å². The SMILES string of the molecule is C=C(O)CCOCCOCCOCCOCCOCCOCCOCCN1C(=O)C=CC1=O.C=CC(=O)N1CN(C(=O)C=C)CN(C(=O)CCSCC(C)=O)C1.CC(=O)CCCCCN1C(=O)C=CC1=O.CC(=O)CCCN1C(=O)C=CC1=O.CCCOCCN1C(=O)C=CC1=O.CCCOCCOCCOCCOCCOCCOCCOCCN1C(=O)C=CC1=O. The van der Waals surface area contributed by atoms with Gasteiger partial charge in [-0.2, -0.15) is 11.8 Å². The number of nitrogens with zero attached hydrogens (tertiary/aromatic N) is 8. The average Bonchev–Trinajstić information content (AvgIpc) is 1.70. The quantitative estimate of drug-likeness (QED) is 0.0396. The van der Waals surface area contributed by atoms with E-state index in [9.17, 15) is 76.7 Å². The van der Waals surface area contributed by atoms with Gasteiger partial charge in [0.05, 0.1) is 236 Å². The topological polar surface area (TPSA) is 458 Å². The second kappa shape index (κ2) is 77.5. The van der Waals surface area contributed by atoms with Crippen molar-refractivity contribution >= 4 is 106 Å². The Bertz CT molecular complexity index is 3420. The normalized spacial score (nSPS) is 14.3. The highest BCUT2D eigenvalue weighted by molar-refractivity contribution is 7.99. The molecule has 1 saturated heterocycles. The van der Waals surface area contributed by atoms with Gasteiger partial charge in [-0.1, -0.05) is 40.0 Å².